The van der Waals surface area contributed by atoms with Crippen LogP contribution in [-0.4, -0.2) is 76.3 Å². The summed E-state index contributed by atoms with van der Waals surface area (Å²) in [5.74, 6) is -2.98. The minimum atomic E-state index is -4.97. The second kappa shape index (κ2) is 11.2. The van der Waals surface area contributed by atoms with Crippen molar-refractivity contribution in [1.82, 2.24) is 19.6 Å². The lowest BCUT2D eigenvalue weighted by Gasteiger charge is -2.41. The molecular formula is C30H29F3N4O4. The molecule has 41 heavy (non-hydrogen) atoms. The van der Waals surface area contributed by atoms with Crippen LogP contribution in [0.5, 0.6) is 0 Å². The monoisotopic (exact) mass is 566 g/mol. The van der Waals surface area contributed by atoms with E-state index in [0.29, 0.717) is 17.5 Å². The van der Waals surface area contributed by atoms with Crippen LogP contribution in [0.1, 0.15) is 33.8 Å². The summed E-state index contributed by atoms with van der Waals surface area (Å²) in [5.41, 5.74) is 3.87. The quantitative estimate of drug-likeness (QED) is 0.300. The molecule has 1 aliphatic heterocycles. The molecule has 0 radical (unpaired) electrons. The molecule has 1 aromatic heterocycles. The summed E-state index contributed by atoms with van der Waals surface area (Å²) in [7, 11) is 3.11. The van der Waals surface area contributed by atoms with Gasteiger partial charge in [0.15, 0.2) is 0 Å². The van der Waals surface area contributed by atoms with Crippen molar-refractivity contribution in [2.45, 2.75) is 24.6 Å². The molecule has 2 atom stereocenters. The molecule has 214 valence electrons. The fourth-order valence-corrected chi connectivity index (χ4v) is 5.17. The van der Waals surface area contributed by atoms with Crippen LogP contribution in [0.25, 0.3) is 17.2 Å². The Morgan fingerprint density at radius 3 is 2.32 bits per heavy atom. The third-order valence-electron chi connectivity index (χ3n) is 7.51. The number of nitrogens with zero attached hydrogens (tertiary/aromatic N) is 4. The second-order valence-electron chi connectivity index (χ2n) is 10.4. The lowest BCUT2D eigenvalue weighted by molar-refractivity contribution is -0.187. The maximum Gasteiger partial charge on any atom is 0.471 e. The Kier molecular flexibility index (Phi) is 7.70. The molecule has 3 aromatic rings. The van der Waals surface area contributed by atoms with Crippen molar-refractivity contribution in [3.63, 3.8) is 0 Å². The topological polar surface area (TPSA) is 84.7 Å². The molecule has 0 bridgehead atoms. The number of ether oxygens (including phenoxy) is 1. The molecule has 2 unspecified atom stereocenters. The van der Waals surface area contributed by atoms with Crippen molar-refractivity contribution in [2.75, 3.05) is 26.7 Å². The number of likely N-dealkylation sites (tertiary alicyclic amines) is 1. The summed E-state index contributed by atoms with van der Waals surface area (Å²) in [4.78, 5) is 38.9. The van der Waals surface area contributed by atoms with Crippen molar-refractivity contribution in [3.8, 4) is 11.1 Å². The van der Waals surface area contributed by atoms with E-state index in [1.165, 1.54) is 18.1 Å². The first-order valence-electron chi connectivity index (χ1n) is 13.2. The predicted octanol–water partition coefficient (Wildman–Crippen LogP) is 4.29. The summed E-state index contributed by atoms with van der Waals surface area (Å²) in [5, 5.41) is 4.16. The summed E-state index contributed by atoms with van der Waals surface area (Å²) in [6.07, 6.45) is 2.10. The second-order valence-corrected chi connectivity index (χ2v) is 10.4. The molecule has 2 aliphatic rings. The van der Waals surface area contributed by atoms with E-state index in [9.17, 15) is 27.6 Å². The van der Waals surface area contributed by atoms with E-state index in [1.807, 2.05) is 37.5 Å². The first-order chi connectivity index (χ1) is 19.5. The van der Waals surface area contributed by atoms with Crippen LogP contribution in [0.4, 0.5) is 13.2 Å². The Balaban J connectivity index is 1.17. The fraction of sp³-hybridized carbons (Fsp3) is 0.333. The Morgan fingerprint density at radius 1 is 1.05 bits per heavy atom. The average molecular weight is 567 g/mol. The van der Waals surface area contributed by atoms with E-state index in [-0.39, 0.29) is 37.4 Å². The fourth-order valence-electron chi connectivity index (χ4n) is 5.17. The zero-order valence-corrected chi connectivity index (χ0v) is 22.5. The molecule has 8 nitrogen and oxygen atoms in total. The number of aromatic nitrogens is 2. The van der Waals surface area contributed by atoms with Gasteiger partial charge in [0.05, 0.1) is 18.9 Å². The summed E-state index contributed by atoms with van der Waals surface area (Å²) in [6.45, 7) is 0.475. The van der Waals surface area contributed by atoms with Crippen molar-refractivity contribution in [2.24, 2.45) is 13.0 Å². The standard InChI is InChI=1S/C30H29F3N4O4/c1-35-18-24(14-34-35)21-8-10-22(11-9-21)25-13-26(25)37(29(40)30(31,32)33)17-20-15-36(16-20)27(38)12-5-19-3-6-23(7-4-19)28(39)41-2/h3-12,14,18,20,25-26H,13,15-17H2,1-2H3/b12-5+. The van der Waals surface area contributed by atoms with E-state index in [4.69, 9.17) is 0 Å². The van der Waals surface area contributed by atoms with E-state index < -0.39 is 24.1 Å². The Hall–Kier alpha value is -4.41. The maximum atomic E-state index is 13.5. The molecule has 11 heteroatoms. The van der Waals surface area contributed by atoms with E-state index in [0.717, 1.165) is 21.6 Å². The first-order valence-corrected chi connectivity index (χ1v) is 13.2. The number of amides is 2. The summed E-state index contributed by atoms with van der Waals surface area (Å²) >= 11 is 0. The van der Waals surface area contributed by atoms with Crippen LogP contribution in [0.3, 0.4) is 0 Å². The summed E-state index contributed by atoms with van der Waals surface area (Å²) in [6, 6.07) is 13.6. The van der Waals surface area contributed by atoms with Crippen LogP contribution < -0.4 is 0 Å². The molecule has 2 aromatic carbocycles. The maximum absolute atomic E-state index is 13.5. The number of esters is 1. The number of rotatable bonds is 8. The van der Waals surface area contributed by atoms with Crippen molar-refractivity contribution >= 4 is 23.9 Å². The van der Waals surface area contributed by atoms with Gasteiger partial charge in [0, 0.05) is 62.4 Å². The highest BCUT2D eigenvalue weighted by atomic mass is 19.4. The molecule has 1 saturated heterocycles. The Bertz CT molecular complexity index is 1460. The number of hydrogen-bond acceptors (Lipinski definition) is 5. The first kappa shape index (κ1) is 28.1. The number of halogens is 3. The van der Waals surface area contributed by atoms with Gasteiger partial charge in [-0.2, -0.15) is 18.3 Å². The van der Waals surface area contributed by atoms with Gasteiger partial charge in [0.1, 0.15) is 0 Å². The molecule has 2 fully saturated rings. The largest absolute Gasteiger partial charge is 0.471 e. The van der Waals surface area contributed by atoms with Crippen molar-refractivity contribution < 1.29 is 32.3 Å². The van der Waals surface area contributed by atoms with Crippen molar-refractivity contribution in [1.29, 1.82) is 0 Å². The zero-order chi connectivity index (χ0) is 29.3. The van der Waals surface area contributed by atoms with Crippen LogP contribution in [0.2, 0.25) is 0 Å². The average Bonchev–Trinajstić information content (AvgIpc) is 3.61. The minimum Gasteiger partial charge on any atom is -0.465 e. The summed E-state index contributed by atoms with van der Waals surface area (Å²) < 4.78 is 46.8. The van der Waals surface area contributed by atoms with Crippen LogP contribution in [-0.2, 0) is 21.4 Å². The highest BCUT2D eigenvalue weighted by molar-refractivity contribution is 5.93. The Labute approximate surface area is 235 Å². The molecular weight excluding hydrogens is 537 g/mol. The normalized spacial score (nSPS) is 18.7. The van der Waals surface area contributed by atoms with Gasteiger partial charge >= 0.3 is 18.1 Å². The van der Waals surface area contributed by atoms with E-state index >= 15 is 0 Å². The molecule has 0 N–H and O–H groups in total. The highest BCUT2D eigenvalue weighted by Crippen LogP contribution is 2.46. The number of carbonyl (C=O) groups is 3. The third-order valence-corrected chi connectivity index (χ3v) is 7.51. The molecule has 2 amide bonds. The molecule has 0 spiro atoms. The van der Waals surface area contributed by atoms with Gasteiger partial charge in [0.2, 0.25) is 5.91 Å². The van der Waals surface area contributed by atoms with Gasteiger partial charge in [-0.1, -0.05) is 36.4 Å². The van der Waals surface area contributed by atoms with Gasteiger partial charge in [-0.3, -0.25) is 14.3 Å². The molecule has 1 saturated carbocycles. The van der Waals surface area contributed by atoms with Crippen LogP contribution >= 0.6 is 0 Å². The number of benzene rings is 2. The number of methoxy groups -OCH3 is 1. The SMILES string of the molecule is COC(=O)c1ccc(/C=C/C(=O)N2CC(CN(C(=O)C(F)(F)F)C3CC3c3ccc(-c4cnn(C)c4)cc3)C2)cc1. The van der Waals surface area contributed by atoms with E-state index in [1.54, 1.807) is 41.2 Å². The molecule has 1 aliphatic carbocycles. The number of hydrogen-bond donors (Lipinski definition) is 0. The van der Waals surface area contributed by atoms with Gasteiger partial charge < -0.3 is 14.5 Å². The van der Waals surface area contributed by atoms with Gasteiger partial charge in [-0.15, -0.1) is 0 Å². The lowest BCUT2D eigenvalue weighted by Crippen LogP contribution is -2.56. The highest BCUT2D eigenvalue weighted by Gasteiger charge is 2.52. The lowest BCUT2D eigenvalue weighted by atomic mass is 9.98. The molecule has 5 rings (SSSR count). The number of carbonyl (C=O) groups excluding carboxylic acids is 3. The number of aryl methyl sites for hydroxylation is 1. The zero-order valence-electron chi connectivity index (χ0n) is 22.5. The molecule has 2 heterocycles. The predicted molar refractivity (Wildman–Crippen MR) is 144 cm³/mol. The Morgan fingerprint density at radius 2 is 1.73 bits per heavy atom. The van der Waals surface area contributed by atoms with Crippen LogP contribution in [0, 0.1) is 5.92 Å². The van der Waals surface area contributed by atoms with Gasteiger partial charge in [-0.25, -0.2) is 4.79 Å². The smallest absolute Gasteiger partial charge is 0.465 e. The van der Waals surface area contributed by atoms with E-state index in [2.05, 4.69) is 9.84 Å². The van der Waals surface area contributed by atoms with Gasteiger partial charge in [0.25, 0.3) is 0 Å². The van der Waals surface area contributed by atoms with Crippen molar-refractivity contribution in [3.05, 3.63) is 83.7 Å². The third kappa shape index (κ3) is 6.34. The minimum absolute atomic E-state index is 0.0598. The van der Waals surface area contributed by atoms with Gasteiger partial charge in [-0.05, 0) is 41.3 Å². The number of alkyl halides is 3. The van der Waals surface area contributed by atoms with Crippen LogP contribution in [0.15, 0.2) is 67.0 Å².